The van der Waals surface area contributed by atoms with E-state index in [2.05, 4.69) is 48.4 Å². The molecule has 0 atom stereocenters. The molecule has 7 heteroatoms. The molecular weight excluding hydrogens is 480 g/mol. The molecule has 2 heterocycles. The molecule has 0 bridgehead atoms. The molecule has 0 fully saturated rings. The first-order valence-electron chi connectivity index (χ1n) is 13.4. The minimum atomic E-state index is 0.469. The largest absolute Gasteiger partial charge is 0.494 e. The first-order chi connectivity index (χ1) is 18.5. The molecule has 7 nitrogen and oxygen atoms in total. The highest BCUT2D eigenvalue weighted by Gasteiger charge is 2.12. The van der Waals surface area contributed by atoms with Crippen LogP contribution in [0.15, 0.2) is 57.6 Å². The molecule has 2 aromatic heterocycles. The monoisotopic (exact) mass is 518 g/mol. The van der Waals surface area contributed by atoms with Crippen molar-refractivity contribution in [1.29, 1.82) is 0 Å². The van der Waals surface area contributed by atoms with E-state index in [1.54, 1.807) is 0 Å². The van der Waals surface area contributed by atoms with E-state index in [4.69, 9.17) is 23.3 Å². The summed E-state index contributed by atoms with van der Waals surface area (Å²) in [5.74, 6) is 3.39. The van der Waals surface area contributed by atoms with Gasteiger partial charge in [-0.25, -0.2) is 0 Å². The topological polar surface area (TPSA) is 79.8 Å². The fourth-order valence-electron chi connectivity index (χ4n) is 4.30. The van der Waals surface area contributed by atoms with Crippen LogP contribution in [0.4, 0.5) is 0 Å². The van der Waals surface area contributed by atoms with Crippen LogP contribution in [0.5, 0.6) is 11.5 Å². The molecule has 0 spiro atoms. The average Bonchev–Trinajstić information content (AvgIpc) is 3.52. The summed E-state index contributed by atoms with van der Waals surface area (Å²) >= 11 is 0. The molecule has 0 radical (unpaired) electrons. The lowest BCUT2D eigenvalue weighted by Gasteiger charge is -2.16. The summed E-state index contributed by atoms with van der Waals surface area (Å²) in [6, 6.07) is 16.5. The van der Waals surface area contributed by atoms with Crippen molar-refractivity contribution in [2.75, 3.05) is 26.4 Å². The molecule has 0 N–H and O–H groups in total. The minimum absolute atomic E-state index is 0.469. The molecule has 0 aliphatic heterocycles. The van der Waals surface area contributed by atoms with Crippen LogP contribution in [-0.4, -0.2) is 36.7 Å². The van der Waals surface area contributed by atoms with Crippen LogP contribution in [0.25, 0.3) is 11.1 Å². The zero-order valence-electron chi connectivity index (χ0n) is 22.9. The highest BCUT2D eigenvalue weighted by Crippen LogP contribution is 2.35. The predicted octanol–water partition coefficient (Wildman–Crippen LogP) is 6.99. The summed E-state index contributed by atoms with van der Waals surface area (Å²) in [4.78, 5) is 0. The first-order valence-corrected chi connectivity index (χ1v) is 13.4. The third-order valence-electron chi connectivity index (χ3n) is 6.32. The van der Waals surface area contributed by atoms with Gasteiger partial charge < -0.3 is 23.3 Å². The molecule has 4 aromatic rings. The second kappa shape index (κ2) is 13.8. The Kier molecular flexibility index (Phi) is 9.98. The second-order valence-electron chi connectivity index (χ2n) is 9.70. The van der Waals surface area contributed by atoms with Gasteiger partial charge in [0, 0.05) is 24.1 Å². The summed E-state index contributed by atoms with van der Waals surface area (Å²) in [6.07, 6.45) is 4.81. The Morgan fingerprint density at radius 2 is 1.39 bits per heavy atom. The van der Waals surface area contributed by atoms with Crippen LogP contribution < -0.4 is 9.47 Å². The van der Waals surface area contributed by atoms with E-state index in [1.165, 1.54) is 11.1 Å². The van der Waals surface area contributed by atoms with Gasteiger partial charge >= 0.3 is 0 Å². The molecule has 0 aliphatic rings. The fourth-order valence-corrected chi connectivity index (χ4v) is 4.30. The van der Waals surface area contributed by atoms with Crippen molar-refractivity contribution in [2.45, 2.75) is 59.8 Å². The number of ether oxygens (including phenoxy) is 3. The molecule has 0 saturated carbocycles. The fraction of sp³-hybridized carbons (Fsp3) is 0.419. The van der Waals surface area contributed by atoms with Crippen molar-refractivity contribution in [3.63, 3.8) is 0 Å². The van der Waals surface area contributed by atoms with Gasteiger partial charge in [0.25, 0.3) is 0 Å². The molecule has 202 valence electrons. The Morgan fingerprint density at radius 3 is 2.13 bits per heavy atom. The van der Waals surface area contributed by atoms with E-state index in [0.717, 1.165) is 77.6 Å². The summed E-state index contributed by atoms with van der Waals surface area (Å²) in [7, 11) is 0. The van der Waals surface area contributed by atoms with Gasteiger partial charge in [0.1, 0.15) is 29.6 Å². The van der Waals surface area contributed by atoms with Crippen molar-refractivity contribution in [3.8, 4) is 22.6 Å². The lowest BCUT2D eigenvalue weighted by Crippen LogP contribution is -2.09. The average molecular weight is 519 g/mol. The number of hydrogen-bond acceptors (Lipinski definition) is 7. The normalized spacial score (nSPS) is 11.2. The van der Waals surface area contributed by atoms with Crippen molar-refractivity contribution < 1.29 is 23.3 Å². The lowest BCUT2D eigenvalue weighted by atomic mass is 9.98. The Hall–Kier alpha value is -3.58. The SMILES string of the molecule is Cc1ccc(OCCOCCc2cc(C)on2)c(-c2cc(OCCCCCc3cc(C)on3)ccc2C)c1. The van der Waals surface area contributed by atoms with Gasteiger partial charge in [0.15, 0.2) is 0 Å². The van der Waals surface area contributed by atoms with E-state index < -0.39 is 0 Å². The lowest BCUT2D eigenvalue weighted by molar-refractivity contribution is 0.102. The summed E-state index contributed by atoms with van der Waals surface area (Å²) in [5.41, 5.74) is 6.47. The van der Waals surface area contributed by atoms with Crippen LogP contribution in [0.1, 0.15) is 53.3 Å². The van der Waals surface area contributed by atoms with Crippen molar-refractivity contribution in [1.82, 2.24) is 10.3 Å². The van der Waals surface area contributed by atoms with E-state index in [0.29, 0.717) is 26.4 Å². The standard InChI is InChI=1S/C31H38N2O5/c1-22-9-12-31(36-17-16-34-15-13-27-20-25(4)38-33-27)30(18-22)29-21-28(11-10-23(29)2)35-14-7-5-6-8-26-19-24(3)37-32-26/h9-12,18-21H,5-8,13-17H2,1-4H3. The first kappa shape index (κ1) is 27.5. The third kappa shape index (κ3) is 8.21. The van der Waals surface area contributed by atoms with Crippen molar-refractivity contribution >= 4 is 0 Å². The van der Waals surface area contributed by atoms with Gasteiger partial charge in [-0.3, -0.25) is 0 Å². The minimum Gasteiger partial charge on any atom is -0.494 e. The molecular formula is C31H38N2O5. The van der Waals surface area contributed by atoms with Crippen molar-refractivity contribution in [3.05, 3.63) is 82.6 Å². The number of nitrogens with zero attached hydrogens (tertiary/aromatic N) is 2. The zero-order chi connectivity index (χ0) is 26.7. The van der Waals surface area contributed by atoms with E-state index in [-0.39, 0.29) is 0 Å². The number of aryl methyl sites for hydroxylation is 5. The van der Waals surface area contributed by atoms with Gasteiger partial charge in [0.2, 0.25) is 0 Å². The van der Waals surface area contributed by atoms with Gasteiger partial charge in [-0.15, -0.1) is 0 Å². The van der Waals surface area contributed by atoms with Gasteiger partial charge in [-0.1, -0.05) is 28.0 Å². The number of benzene rings is 2. The quantitative estimate of drug-likeness (QED) is 0.157. The number of rotatable bonds is 15. The highest BCUT2D eigenvalue weighted by atomic mass is 16.5. The molecule has 0 unspecified atom stereocenters. The molecule has 2 aromatic carbocycles. The number of hydrogen-bond donors (Lipinski definition) is 0. The molecule has 0 amide bonds. The van der Waals surface area contributed by atoms with Gasteiger partial charge in [-0.05, 0) is 88.8 Å². The summed E-state index contributed by atoms with van der Waals surface area (Å²) in [6.45, 7) is 10.3. The Bertz CT molecular complexity index is 1290. The predicted molar refractivity (Wildman–Crippen MR) is 147 cm³/mol. The Labute approximate surface area is 225 Å². The Morgan fingerprint density at radius 1 is 0.632 bits per heavy atom. The van der Waals surface area contributed by atoms with E-state index in [9.17, 15) is 0 Å². The maximum absolute atomic E-state index is 6.15. The van der Waals surface area contributed by atoms with E-state index in [1.807, 2.05) is 38.1 Å². The van der Waals surface area contributed by atoms with Crippen LogP contribution >= 0.6 is 0 Å². The zero-order valence-corrected chi connectivity index (χ0v) is 22.9. The highest BCUT2D eigenvalue weighted by molar-refractivity contribution is 5.75. The van der Waals surface area contributed by atoms with Crippen molar-refractivity contribution in [2.24, 2.45) is 0 Å². The summed E-state index contributed by atoms with van der Waals surface area (Å²) in [5, 5.41) is 8.05. The molecule has 0 saturated heterocycles. The third-order valence-corrected chi connectivity index (χ3v) is 6.32. The maximum Gasteiger partial charge on any atom is 0.133 e. The summed E-state index contributed by atoms with van der Waals surface area (Å²) < 4.78 is 28.2. The Balaban J connectivity index is 1.27. The van der Waals surface area contributed by atoms with Gasteiger partial charge in [0.05, 0.1) is 31.2 Å². The van der Waals surface area contributed by atoms with Crippen LogP contribution in [-0.2, 0) is 17.6 Å². The van der Waals surface area contributed by atoms with Gasteiger partial charge in [-0.2, -0.15) is 0 Å². The van der Waals surface area contributed by atoms with Crippen LogP contribution in [0, 0.1) is 27.7 Å². The van der Waals surface area contributed by atoms with Crippen LogP contribution in [0.2, 0.25) is 0 Å². The maximum atomic E-state index is 6.15. The molecule has 38 heavy (non-hydrogen) atoms. The molecule has 4 rings (SSSR count). The number of unbranched alkanes of at least 4 members (excludes halogenated alkanes) is 2. The number of aromatic nitrogens is 2. The molecule has 0 aliphatic carbocycles. The second-order valence-corrected chi connectivity index (χ2v) is 9.70. The smallest absolute Gasteiger partial charge is 0.133 e. The van der Waals surface area contributed by atoms with Crippen LogP contribution in [0.3, 0.4) is 0 Å². The van der Waals surface area contributed by atoms with E-state index >= 15 is 0 Å².